The van der Waals surface area contributed by atoms with Crippen LogP contribution in [0.25, 0.3) is 0 Å². The summed E-state index contributed by atoms with van der Waals surface area (Å²) in [5.41, 5.74) is 2.52. The van der Waals surface area contributed by atoms with E-state index in [2.05, 4.69) is 20.9 Å². The predicted octanol–water partition coefficient (Wildman–Crippen LogP) is 4.62. The number of carbonyl (C=O) groups is 1. The maximum absolute atomic E-state index is 13.0. The number of nitrogen functional groups attached to an aromatic ring is 1. The van der Waals surface area contributed by atoms with Crippen LogP contribution in [-0.2, 0) is 18.9 Å². The van der Waals surface area contributed by atoms with Gasteiger partial charge in [0.2, 0.25) is 0 Å². The summed E-state index contributed by atoms with van der Waals surface area (Å²) in [7, 11) is 0. The van der Waals surface area contributed by atoms with Crippen molar-refractivity contribution in [3.8, 4) is 0 Å². The highest BCUT2D eigenvalue weighted by Crippen LogP contribution is 2.40. The van der Waals surface area contributed by atoms with Gasteiger partial charge in [0, 0.05) is 17.4 Å². The van der Waals surface area contributed by atoms with Gasteiger partial charge in [-0.2, -0.15) is 26.3 Å². The fourth-order valence-corrected chi connectivity index (χ4v) is 2.89. The number of hydrogen-bond acceptors (Lipinski definition) is 3. The minimum Gasteiger partial charge on any atom is -0.397 e. The normalized spacial score (nSPS) is 14.7. The lowest BCUT2D eigenvalue weighted by molar-refractivity contribution is -0.143. The average molecular weight is 440 g/mol. The standard InChI is InChI=1S/C15H8BrF6N3O/c16-10-4-24-12-9(11(10)23)5-25(13(12)26)8-2-6(14(17,18)19)1-7(3-8)15(20,21)22/h1-4H,5H2,(H2,23,24). The molecule has 3 rings (SSSR count). The molecule has 26 heavy (non-hydrogen) atoms. The maximum atomic E-state index is 13.0. The highest BCUT2D eigenvalue weighted by Gasteiger charge is 2.39. The van der Waals surface area contributed by atoms with Crippen LogP contribution in [0.15, 0.2) is 28.9 Å². The summed E-state index contributed by atoms with van der Waals surface area (Å²) in [5.74, 6) is -0.827. The van der Waals surface area contributed by atoms with E-state index < -0.39 is 35.1 Å². The van der Waals surface area contributed by atoms with Crippen molar-refractivity contribution in [2.24, 2.45) is 0 Å². The van der Waals surface area contributed by atoms with Crippen LogP contribution in [-0.4, -0.2) is 10.9 Å². The first-order valence-corrected chi connectivity index (χ1v) is 7.73. The third kappa shape index (κ3) is 3.11. The summed E-state index contributed by atoms with van der Waals surface area (Å²) in [6.07, 6.45) is -8.78. The first-order valence-electron chi connectivity index (χ1n) is 6.94. The van der Waals surface area contributed by atoms with Gasteiger partial charge in [0.05, 0.1) is 27.8 Å². The van der Waals surface area contributed by atoms with E-state index in [-0.39, 0.29) is 29.6 Å². The van der Waals surface area contributed by atoms with Gasteiger partial charge in [-0.3, -0.25) is 4.79 Å². The fraction of sp³-hybridized carbons (Fsp3) is 0.200. The molecular formula is C15H8BrF6N3O. The fourth-order valence-electron chi connectivity index (χ4n) is 2.55. The number of aromatic nitrogens is 1. The molecule has 0 radical (unpaired) electrons. The Kier molecular flexibility index (Phi) is 4.17. The van der Waals surface area contributed by atoms with Gasteiger partial charge in [0.15, 0.2) is 0 Å². The summed E-state index contributed by atoms with van der Waals surface area (Å²) in [6, 6.07) is 0.981. The first-order chi connectivity index (χ1) is 11.9. The number of pyridine rings is 1. The molecule has 0 unspecified atom stereocenters. The molecule has 1 aromatic carbocycles. The lowest BCUT2D eigenvalue weighted by Crippen LogP contribution is -2.24. The number of rotatable bonds is 1. The highest BCUT2D eigenvalue weighted by molar-refractivity contribution is 9.10. The quantitative estimate of drug-likeness (QED) is 0.659. The number of nitrogens with two attached hydrogens (primary N) is 1. The van der Waals surface area contributed by atoms with Gasteiger partial charge < -0.3 is 10.6 Å². The molecule has 2 aromatic rings. The molecule has 1 aliphatic heterocycles. The van der Waals surface area contributed by atoms with Gasteiger partial charge in [-0.25, -0.2) is 4.98 Å². The van der Waals surface area contributed by atoms with Crippen LogP contribution >= 0.6 is 15.9 Å². The molecule has 0 aliphatic carbocycles. The van der Waals surface area contributed by atoms with Gasteiger partial charge in [0.25, 0.3) is 5.91 Å². The number of amides is 1. The number of fused-ring (bicyclic) bond motifs is 1. The van der Waals surface area contributed by atoms with Crippen molar-refractivity contribution in [2.45, 2.75) is 18.9 Å². The topological polar surface area (TPSA) is 59.2 Å². The summed E-state index contributed by atoms with van der Waals surface area (Å²) < 4.78 is 78.3. The van der Waals surface area contributed by atoms with Gasteiger partial charge >= 0.3 is 12.4 Å². The molecule has 0 saturated heterocycles. The number of alkyl halides is 6. The number of benzene rings is 1. The van der Waals surface area contributed by atoms with Crippen molar-refractivity contribution >= 4 is 33.2 Å². The lowest BCUT2D eigenvalue weighted by Gasteiger charge is -2.20. The maximum Gasteiger partial charge on any atom is 0.416 e. The molecule has 0 spiro atoms. The number of carbonyl (C=O) groups excluding carboxylic acids is 1. The third-order valence-electron chi connectivity index (χ3n) is 3.82. The SMILES string of the molecule is Nc1c(Br)cnc2c1CN(c1cc(C(F)(F)F)cc(C(F)(F)F)c1)C2=O. The second-order valence-electron chi connectivity index (χ2n) is 5.50. The van der Waals surface area contributed by atoms with Crippen molar-refractivity contribution in [3.05, 3.63) is 51.3 Å². The van der Waals surface area contributed by atoms with Gasteiger partial charge in [-0.1, -0.05) is 0 Å². The van der Waals surface area contributed by atoms with Crippen LogP contribution in [0.3, 0.4) is 0 Å². The minimum absolute atomic E-state index is 0.000387. The zero-order valence-electron chi connectivity index (χ0n) is 12.5. The van der Waals surface area contributed by atoms with Crippen LogP contribution in [0.1, 0.15) is 27.2 Å². The molecule has 1 aliphatic rings. The largest absolute Gasteiger partial charge is 0.416 e. The van der Waals surface area contributed by atoms with Crippen molar-refractivity contribution in [2.75, 3.05) is 10.6 Å². The Hall–Kier alpha value is -2.30. The Labute approximate surface area is 150 Å². The van der Waals surface area contributed by atoms with Crippen molar-refractivity contribution in [1.82, 2.24) is 4.98 Å². The Morgan fingerprint density at radius 3 is 2.08 bits per heavy atom. The number of anilines is 2. The molecule has 4 nitrogen and oxygen atoms in total. The molecule has 1 aromatic heterocycles. The van der Waals surface area contributed by atoms with Crippen molar-refractivity contribution in [3.63, 3.8) is 0 Å². The second-order valence-corrected chi connectivity index (χ2v) is 6.36. The molecule has 0 fully saturated rings. The Bertz CT molecular complexity index is 877. The van der Waals surface area contributed by atoms with E-state index in [0.717, 1.165) is 4.90 Å². The van der Waals surface area contributed by atoms with Crippen LogP contribution in [0.4, 0.5) is 37.7 Å². The van der Waals surface area contributed by atoms with Crippen LogP contribution in [0.2, 0.25) is 0 Å². The van der Waals surface area contributed by atoms with Crippen LogP contribution in [0.5, 0.6) is 0 Å². The highest BCUT2D eigenvalue weighted by atomic mass is 79.9. The summed E-state index contributed by atoms with van der Waals surface area (Å²) in [4.78, 5) is 17.1. The second kappa shape index (κ2) is 5.86. The molecule has 2 heterocycles. The van der Waals surface area contributed by atoms with Gasteiger partial charge in [0.1, 0.15) is 5.69 Å². The minimum atomic E-state index is -5.01. The Balaban J connectivity index is 2.13. The van der Waals surface area contributed by atoms with E-state index >= 15 is 0 Å². The predicted molar refractivity (Wildman–Crippen MR) is 83.3 cm³/mol. The Morgan fingerprint density at radius 2 is 1.58 bits per heavy atom. The molecule has 1 amide bonds. The summed E-state index contributed by atoms with van der Waals surface area (Å²) in [5, 5.41) is 0. The van der Waals surface area contributed by atoms with Crippen molar-refractivity contribution < 1.29 is 31.1 Å². The number of hydrogen-bond donors (Lipinski definition) is 1. The zero-order chi connectivity index (χ0) is 19.4. The lowest BCUT2D eigenvalue weighted by atomic mass is 10.1. The molecule has 2 N–H and O–H groups in total. The van der Waals surface area contributed by atoms with E-state index in [1.807, 2.05) is 0 Å². The van der Waals surface area contributed by atoms with Gasteiger partial charge in [-0.05, 0) is 34.1 Å². The van der Waals surface area contributed by atoms with Crippen molar-refractivity contribution in [1.29, 1.82) is 0 Å². The van der Waals surface area contributed by atoms with E-state index in [1.165, 1.54) is 6.20 Å². The van der Waals surface area contributed by atoms with E-state index in [1.54, 1.807) is 0 Å². The summed E-state index contributed by atoms with van der Waals surface area (Å²) >= 11 is 3.11. The molecule has 138 valence electrons. The molecular weight excluding hydrogens is 432 g/mol. The van der Waals surface area contributed by atoms with Gasteiger partial charge in [-0.15, -0.1) is 0 Å². The van der Waals surface area contributed by atoms with Crippen LogP contribution < -0.4 is 10.6 Å². The number of nitrogens with zero attached hydrogens (tertiary/aromatic N) is 2. The van der Waals surface area contributed by atoms with E-state index in [9.17, 15) is 31.1 Å². The first kappa shape index (κ1) is 18.5. The monoisotopic (exact) mass is 439 g/mol. The zero-order valence-corrected chi connectivity index (χ0v) is 14.1. The Morgan fingerprint density at radius 1 is 1.04 bits per heavy atom. The number of halogens is 7. The third-order valence-corrected chi connectivity index (χ3v) is 4.46. The van der Waals surface area contributed by atoms with E-state index in [0.29, 0.717) is 16.6 Å². The smallest absolute Gasteiger partial charge is 0.397 e. The average Bonchev–Trinajstić information content (AvgIpc) is 2.86. The molecule has 0 saturated carbocycles. The molecule has 0 bridgehead atoms. The van der Waals surface area contributed by atoms with Crippen LogP contribution in [0, 0.1) is 0 Å². The summed E-state index contributed by atoms with van der Waals surface area (Å²) in [6.45, 7) is -0.287. The van der Waals surface area contributed by atoms with E-state index in [4.69, 9.17) is 5.73 Å². The molecule has 11 heteroatoms. The molecule has 0 atom stereocenters.